The third kappa shape index (κ3) is 5.26. The Labute approximate surface area is 186 Å². The molecule has 31 heavy (non-hydrogen) atoms. The number of nitrogens with one attached hydrogen (secondary N) is 1. The number of ether oxygens (including phenoxy) is 3. The van der Waals surface area contributed by atoms with Crippen molar-refractivity contribution in [2.24, 2.45) is 0 Å². The third-order valence-electron chi connectivity index (χ3n) is 4.62. The second-order valence-corrected chi connectivity index (χ2v) is 7.64. The highest BCUT2D eigenvalue weighted by molar-refractivity contribution is 7.11. The summed E-state index contributed by atoms with van der Waals surface area (Å²) in [7, 11) is 0. The Hall–Kier alpha value is -2.84. The van der Waals surface area contributed by atoms with Gasteiger partial charge in [0.2, 0.25) is 0 Å². The quantitative estimate of drug-likeness (QED) is 0.391. The van der Waals surface area contributed by atoms with Gasteiger partial charge < -0.3 is 19.5 Å². The molecule has 3 rings (SSSR count). The molecule has 2 heterocycles. The van der Waals surface area contributed by atoms with Gasteiger partial charge in [-0.1, -0.05) is 6.07 Å². The molecule has 0 spiro atoms. The lowest BCUT2D eigenvalue weighted by Crippen LogP contribution is -2.33. The number of thiophene rings is 1. The topological polar surface area (TPSA) is 77.1 Å². The molecule has 0 unspecified atom stereocenters. The van der Waals surface area contributed by atoms with Gasteiger partial charge in [0.1, 0.15) is 5.70 Å². The average Bonchev–Trinajstić information content (AvgIpc) is 3.36. The Bertz CT molecular complexity index is 939. The van der Waals surface area contributed by atoms with Gasteiger partial charge >= 0.3 is 0 Å². The number of amides is 2. The number of carbonyl (C=O) groups excluding carboxylic acids is 2. The van der Waals surface area contributed by atoms with Gasteiger partial charge in [0, 0.05) is 36.4 Å². The summed E-state index contributed by atoms with van der Waals surface area (Å²) in [6.07, 6.45) is 0.591. The number of carbonyl (C=O) groups is 2. The van der Waals surface area contributed by atoms with E-state index in [0.29, 0.717) is 62.2 Å². The first kappa shape index (κ1) is 22.8. The normalized spacial score (nSPS) is 13.8. The lowest BCUT2D eigenvalue weighted by molar-refractivity contribution is -0.137. The highest BCUT2D eigenvalue weighted by atomic mass is 32.1. The van der Waals surface area contributed by atoms with Crippen molar-refractivity contribution in [1.82, 2.24) is 4.90 Å². The summed E-state index contributed by atoms with van der Waals surface area (Å²) in [6, 6.07) is 9.10. The minimum Gasteiger partial charge on any atom is -0.490 e. The van der Waals surface area contributed by atoms with Crippen molar-refractivity contribution < 1.29 is 23.8 Å². The molecule has 1 aliphatic rings. The first-order valence-corrected chi connectivity index (χ1v) is 11.4. The second kappa shape index (κ2) is 11.0. The molecule has 0 bridgehead atoms. The molecule has 2 aromatic rings. The summed E-state index contributed by atoms with van der Waals surface area (Å²) in [5.41, 5.74) is 1.31. The molecular weight excluding hydrogens is 416 g/mol. The number of hydrogen-bond acceptors (Lipinski definition) is 7. The van der Waals surface area contributed by atoms with Gasteiger partial charge in [-0.2, -0.15) is 0 Å². The lowest BCUT2D eigenvalue weighted by Gasteiger charge is -2.16. The van der Waals surface area contributed by atoms with Crippen molar-refractivity contribution >= 4 is 34.4 Å². The van der Waals surface area contributed by atoms with E-state index in [1.54, 1.807) is 12.1 Å². The molecule has 1 aromatic carbocycles. The summed E-state index contributed by atoms with van der Waals surface area (Å²) in [6.45, 7) is 8.13. The Kier molecular flexibility index (Phi) is 8.08. The van der Waals surface area contributed by atoms with Crippen LogP contribution < -0.4 is 14.8 Å². The molecule has 0 fully saturated rings. The van der Waals surface area contributed by atoms with Gasteiger partial charge in [-0.3, -0.25) is 14.5 Å². The molecule has 166 valence electrons. The van der Waals surface area contributed by atoms with Crippen LogP contribution >= 0.6 is 11.3 Å². The minimum atomic E-state index is -0.336. The van der Waals surface area contributed by atoms with Crippen LogP contribution in [0.15, 0.2) is 41.4 Å². The van der Waals surface area contributed by atoms with Gasteiger partial charge in [0.25, 0.3) is 11.8 Å². The van der Waals surface area contributed by atoms with E-state index in [0.717, 1.165) is 4.88 Å². The number of rotatable bonds is 12. The van der Waals surface area contributed by atoms with Crippen molar-refractivity contribution in [2.45, 2.75) is 27.2 Å². The molecule has 1 aliphatic heterocycles. The van der Waals surface area contributed by atoms with E-state index < -0.39 is 0 Å². The Balaban J connectivity index is 1.90. The summed E-state index contributed by atoms with van der Waals surface area (Å²) in [5, 5.41) is 5.05. The van der Waals surface area contributed by atoms with E-state index in [2.05, 4.69) is 5.32 Å². The fraction of sp³-hybridized carbons (Fsp3) is 0.391. The van der Waals surface area contributed by atoms with Crippen LogP contribution in [0.25, 0.3) is 5.57 Å². The van der Waals surface area contributed by atoms with Crippen molar-refractivity contribution in [3.8, 4) is 11.5 Å². The van der Waals surface area contributed by atoms with E-state index in [1.165, 1.54) is 16.2 Å². The Morgan fingerprint density at radius 1 is 0.968 bits per heavy atom. The number of nitrogens with zero attached hydrogens (tertiary/aromatic N) is 1. The van der Waals surface area contributed by atoms with Gasteiger partial charge in [0.05, 0.1) is 18.8 Å². The van der Waals surface area contributed by atoms with Crippen LogP contribution in [0.4, 0.5) is 5.69 Å². The van der Waals surface area contributed by atoms with E-state index in [4.69, 9.17) is 14.2 Å². The number of anilines is 1. The van der Waals surface area contributed by atoms with Crippen LogP contribution in [0.5, 0.6) is 11.5 Å². The first-order valence-electron chi connectivity index (χ1n) is 10.5. The summed E-state index contributed by atoms with van der Waals surface area (Å²) >= 11 is 1.43. The molecule has 8 heteroatoms. The SMILES string of the molecule is CCOCCCN1C(=O)C(Nc2ccc(OCC)c(OCC)c2)=C(c2cccs2)C1=O. The van der Waals surface area contributed by atoms with E-state index in [9.17, 15) is 9.59 Å². The Morgan fingerprint density at radius 3 is 2.42 bits per heavy atom. The molecule has 0 aliphatic carbocycles. The molecular formula is C23H28N2O5S. The molecule has 0 atom stereocenters. The average molecular weight is 445 g/mol. The fourth-order valence-electron chi connectivity index (χ4n) is 3.29. The molecule has 0 saturated carbocycles. The maximum Gasteiger partial charge on any atom is 0.278 e. The zero-order valence-electron chi connectivity index (χ0n) is 18.1. The van der Waals surface area contributed by atoms with Crippen molar-refractivity contribution in [3.63, 3.8) is 0 Å². The number of imide groups is 1. The zero-order valence-corrected chi connectivity index (χ0v) is 18.9. The smallest absolute Gasteiger partial charge is 0.278 e. The second-order valence-electron chi connectivity index (χ2n) is 6.69. The molecule has 7 nitrogen and oxygen atoms in total. The molecule has 1 aromatic heterocycles. The summed E-state index contributed by atoms with van der Waals surface area (Å²) in [5.74, 6) is 0.589. The molecule has 2 amide bonds. The maximum absolute atomic E-state index is 13.2. The van der Waals surface area contributed by atoms with Crippen LogP contribution in [0.1, 0.15) is 32.1 Å². The molecule has 0 saturated heterocycles. The van der Waals surface area contributed by atoms with Crippen LogP contribution in [0.2, 0.25) is 0 Å². The first-order chi connectivity index (χ1) is 15.1. The van der Waals surface area contributed by atoms with Crippen molar-refractivity contribution in [1.29, 1.82) is 0 Å². The predicted molar refractivity (Wildman–Crippen MR) is 121 cm³/mol. The standard InChI is InChI=1S/C23H28N2O5S/c1-4-28-13-8-12-25-22(26)20(19-9-7-14-31-19)21(23(25)27)24-16-10-11-17(29-5-2)18(15-16)30-6-3/h7,9-11,14-15,24H,4-6,8,12-13H2,1-3H3. The lowest BCUT2D eigenvalue weighted by atomic mass is 10.1. The van der Waals surface area contributed by atoms with Gasteiger partial charge in [-0.05, 0) is 50.8 Å². The number of benzene rings is 1. The zero-order chi connectivity index (χ0) is 22.2. The van der Waals surface area contributed by atoms with Gasteiger partial charge in [-0.25, -0.2) is 0 Å². The van der Waals surface area contributed by atoms with Crippen molar-refractivity contribution in [3.05, 3.63) is 46.3 Å². The van der Waals surface area contributed by atoms with E-state index in [-0.39, 0.29) is 17.5 Å². The third-order valence-corrected chi connectivity index (χ3v) is 5.51. The van der Waals surface area contributed by atoms with Crippen LogP contribution in [0.3, 0.4) is 0 Å². The molecule has 1 N–H and O–H groups in total. The van der Waals surface area contributed by atoms with Gasteiger partial charge in [0.15, 0.2) is 11.5 Å². The Morgan fingerprint density at radius 2 is 1.74 bits per heavy atom. The monoisotopic (exact) mass is 444 g/mol. The van der Waals surface area contributed by atoms with Crippen LogP contribution in [-0.2, 0) is 14.3 Å². The fourth-order valence-corrected chi connectivity index (χ4v) is 4.05. The maximum atomic E-state index is 13.2. The highest BCUT2D eigenvalue weighted by Crippen LogP contribution is 2.35. The predicted octanol–water partition coefficient (Wildman–Crippen LogP) is 4.16. The number of hydrogen-bond donors (Lipinski definition) is 1. The van der Waals surface area contributed by atoms with E-state index >= 15 is 0 Å². The molecule has 0 radical (unpaired) electrons. The van der Waals surface area contributed by atoms with Gasteiger partial charge in [-0.15, -0.1) is 11.3 Å². The van der Waals surface area contributed by atoms with Crippen LogP contribution in [-0.4, -0.2) is 49.7 Å². The van der Waals surface area contributed by atoms with E-state index in [1.807, 2.05) is 44.4 Å². The van der Waals surface area contributed by atoms with Crippen LogP contribution in [0, 0.1) is 0 Å². The van der Waals surface area contributed by atoms with Crippen molar-refractivity contribution in [2.75, 3.05) is 38.3 Å². The summed E-state index contributed by atoms with van der Waals surface area (Å²) in [4.78, 5) is 28.3. The highest BCUT2D eigenvalue weighted by Gasteiger charge is 2.39. The summed E-state index contributed by atoms with van der Waals surface area (Å²) < 4.78 is 16.6. The largest absolute Gasteiger partial charge is 0.490 e. The minimum absolute atomic E-state index is 0.274.